The van der Waals surface area contributed by atoms with E-state index in [1.807, 2.05) is 31.2 Å². The summed E-state index contributed by atoms with van der Waals surface area (Å²) < 4.78 is 15.3. The summed E-state index contributed by atoms with van der Waals surface area (Å²) in [4.78, 5) is 0.885. The molecule has 0 bridgehead atoms. The van der Waals surface area contributed by atoms with Crippen molar-refractivity contribution in [2.45, 2.75) is 50.0 Å². The molecule has 0 aromatic heterocycles. The lowest BCUT2D eigenvalue weighted by Crippen LogP contribution is -2.36. The van der Waals surface area contributed by atoms with Gasteiger partial charge in [0, 0.05) is 0 Å². The summed E-state index contributed by atoms with van der Waals surface area (Å²) in [5.74, 6) is 0. The van der Waals surface area contributed by atoms with Gasteiger partial charge in [-0.2, -0.15) is 0 Å². The molecule has 16 heavy (non-hydrogen) atoms. The lowest BCUT2D eigenvalue weighted by Gasteiger charge is -2.23. The van der Waals surface area contributed by atoms with Crippen LogP contribution < -0.4 is 4.72 Å². The van der Waals surface area contributed by atoms with E-state index in [0.29, 0.717) is 6.04 Å². The standard InChI is InChI=1S/C13H19NOS/c1-11-7-9-13(10-8-11)16(15)14-12-5-3-2-4-6-12/h7-10,12,14H,2-6H2,1H3. The fourth-order valence-electron chi connectivity index (χ4n) is 2.10. The lowest BCUT2D eigenvalue weighted by atomic mass is 9.96. The third kappa shape index (κ3) is 3.24. The monoisotopic (exact) mass is 237 g/mol. The van der Waals surface area contributed by atoms with E-state index in [-0.39, 0.29) is 0 Å². The minimum Gasteiger partial charge on any atom is -0.593 e. The molecular weight excluding hydrogens is 218 g/mol. The van der Waals surface area contributed by atoms with E-state index in [4.69, 9.17) is 0 Å². The van der Waals surface area contributed by atoms with Crippen LogP contribution in [0.3, 0.4) is 0 Å². The van der Waals surface area contributed by atoms with Crippen molar-refractivity contribution in [1.82, 2.24) is 4.72 Å². The third-order valence-corrected chi connectivity index (χ3v) is 4.36. The molecule has 0 spiro atoms. The van der Waals surface area contributed by atoms with Gasteiger partial charge in [-0.1, -0.05) is 37.0 Å². The first-order valence-corrected chi connectivity index (χ1v) is 7.15. The molecule has 1 atom stereocenters. The maximum atomic E-state index is 12.0. The number of aryl methyl sites for hydroxylation is 1. The first kappa shape index (κ1) is 12.0. The molecule has 1 aromatic rings. The molecule has 1 aliphatic rings. The maximum absolute atomic E-state index is 12.0. The molecular formula is C13H19NOS. The van der Waals surface area contributed by atoms with Gasteiger partial charge in [-0.05, 0) is 31.9 Å². The van der Waals surface area contributed by atoms with Gasteiger partial charge in [0.05, 0.1) is 17.4 Å². The molecule has 0 heterocycles. The van der Waals surface area contributed by atoms with Crippen LogP contribution >= 0.6 is 0 Å². The highest BCUT2D eigenvalue weighted by Crippen LogP contribution is 2.20. The molecule has 3 heteroatoms. The van der Waals surface area contributed by atoms with Crippen LogP contribution in [0, 0.1) is 6.92 Å². The van der Waals surface area contributed by atoms with E-state index in [0.717, 1.165) is 17.7 Å². The number of hydrogen-bond acceptors (Lipinski definition) is 2. The fraction of sp³-hybridized carbons (Fsp3) is 0.538. The molecule has 1 unspecified atom stereocenters. The molecule has 88 valence electrons. The third-order valence-electron chi connectivity index (χ3n) is 3.11. The second-order valence-electron chi connectivity index (χ2n) is 4.53. The largest absolute Gasteiger partial charge is 0.593 e. The molecule has 0 aliphatic heterocycles. The highest BCUT2D eigenvalue weighted by molar-refractivity contribution is 7.89. The van der Waals surface area contributed by atoms with E-state index >= 15 is 0 Å². The van der Waals surface area contributed by atoms with Crippen molar-refractivity contribution in [2.24, 2.45) is 0 Å². The number of nitrogens with one attached hydrogen (secondary N) is 1. The fourth-order valence-corrected chi connectivity index (χ4v) is 3.16. The van der Waals surface area contributed by atoms with Gasteiger partial charge in [0.25, 0.3) is 0 Å². The molecule has 1 aromatic carbocycles. The Kier molecular flexibility index (Phi) is 4.27. The Bertz CT molecular complexity index is 319. The Labute approximate surface area is 101 Å². The first-order valence-electron chi connectivity index (χ1n) is 6.00. The van der Waals surface area contributed by atoms with Crippen molar-refractivity contribution >= 4 is 11.4 Å². The van der Waals surface area contributed by atoms with E-state index in [1.165, 1.54) is 24.8 Å². The van der Waals surface area contributed by atoms with Crippen LogP contribution in [-0.2, 0) is 11.4 Å². The zero-order valence-electron chi connectivity index (χ0n) is 9.74. The van der Waals surface area contributed by atoms with Gasteiger partial charge in [-0.3, -0.25) is 0 Å². The molecule has 1 saturated carbocycles. The van der Waals surface area contributed by atoms with Crippen LogP contribution in [0.25, 0.3) is 0 Å². The van der Waals surface area contributed by atoms with Gasteiger partial charge >= 0.3 is 0 Å². The van der Waals surface area contributed by atoms with Crippen molar-refractivity contribution in [3.63, 3.8) is 0 Å². The van der Waals surface area contributed by atoms with E-state index in [1.54, 1.807) is 0 Å². The van der Waals surface area contributed by atoms with Crippen molar-refractivity contribution in [3.05, 3.63) is 29.8 Å². The van der Waals surface area contributed by atoms with Crippen LogP contribution in [-0.4, -0.2) is 10.6 Å². The maximum Gasteiger partial charge on any atom is 0.173 e. The van der Waals surface area contributed by atoms with E-state index < -0.39 is 11.4 Å². The van der Waals surface area contributed by atoms with Gasteiger partial charge in [0.15, 0.2) is 4.90 Å². The number of rotatable bonds is 3. The second kappa shape index (κ2) is 5.71. The average Bonchev–Trinajstić information content (AvgIpc) is 2.31. The summed E-state index contributed by atoms with van der Waals surface area (Å²) in [6, 6.07) is 8.35. The summed E-state index contributed by atoms with van der Waals surface area (Å²) >= 11 is -1.04. The molecule has 0 radical (unpaired) electrons. The zero-order chi connectivity index (χ0) is 11.4. The van der Waals surface area contributed by atoms with Crippen LogP contribution in [0.2, 0.25) is 0 Å². The van der Waals surface area contributed by atoms with Crippen molar-refractivity contribution in [3.8, 4) is 0 Å². The normalized spacial score (nSPS) is 19.6. The Morgan fingerprint density at radius 3 is 2.38 bits per heavy atom. The minimum absolute atomic E-state index is 0.441. The predicted molar refractivity (Wildman–Crippen MR) is 67.6 cm³/mol. The number of benzene rings is 1. The molecule has 1 fully saturated rings. The highest BCUT2D eigenvalue weighted by Gasteiger charge is 2.20. The summed E-state index contributed by atoms with van der Waals surface area (Å²) in [5, 5.41) is 0. The van der Waals surface area contributed by atoms with Crippen LogP contribution in [0.1, 0.15) is 37.7 Å². The molecule has 0 amide bonds. The summed E-state index contributed by atoms with van der Waals surface area (Å²) in [6.45, 7) is 2.04. The molecule has 0 saturated heterocycles. The van der Waals surface area contributed by atoms with Crippen LogP contribution in [0.5, 0.6) is 0 Å². The first-order chi connectivity index (χ1) is 7.75. The van der Waals surface area contributed by atoms with E-state index in [9.17, 15) is 4.55 Å². The van der Waals surface area contributed by atoms with Gasteiger partial charge < -0.3 is 4.55 Å². The van der Waals surface area contributed by atoms with Crippen LogP contribution in [0.4, 0.5) is 0 Å². The highest BCUT2D eigenvalue weighted by atomic mass is 32.2. The zero-order valence-corrected chi connectivity index (χ0v) is 10.6. The summed E-state index contributed by atoms with van der Waals surface area (Å²) in [5.41, 5.74) is 1.21. The van der Waals surface area contributed by atoms with Crippen molar-refractivity contribution in [2.75, 3.05) is 0 Å². The Hall–Kier alpha value is -0.510. The SMILES string of the molecule is Cc1ccc([S+]([O-])NC2CCCCC2)cc1. The number of hydrogen-bond donors (Lipinski definition) is 1. The molecule has 1 aliphatic carbocycles. The van der Waals surface area contributed by atoms with Crippen molar-refractivity contribution < 1.29 is 4.55 Å². The molecule has 1 N–H and O–H groups in total. The smallest absolute Gasteiger partial charge is 0.173 e. The van der Waals surface area contributed by atoms with E-state index in [2.05, 4.69) is 4.72 Å². The predicted octanol–water partition coefficient (Wildman–Crippen LogP) is 2.94. The molecule has 2 nitrogen and oxygen atoms in total. The van der Waals surface area contributed by atoms with Gasteiger partial charge in [-0.15, -0.1) is 4.72 Å². The summed E-state index contributed by atoms with van der Waals surface area (Å²) in [7, 11) is 0. The van der Waals surface area contributed by atoms with Crippen molar-refractivity contribution in [1.29, 1.82) is 0 Å². The second-order valence-corrected chi connectivity index (χ2v) is 5.78. The lowest BCUT2D eigenvalue weighted by molar-refractivity contribution is 0.412. The van der Waals surface area contributed by atoms with Crippen LogP contribution in [0.15, 0.2) is 29.2 Å². The van der Waals surface area contributed by atoms with Gasteiger partial charge in [0.1, 0.15) is 0 Å². The summed E-state index contributed by atoms with van der Waals surface area (Å²) in [6.07, 6.45) is 6.19. The topological polar surface area (TPSA) is 35.1 Å². The Balaban J connectivity index is 1.91. The Morgan fingerprint density at radius 2 is 1.75 bits per heavy atom. The average molecular weight is 237 g/mol. The Morgan fingerprint density at radius 1 is 1.12 bits per heavy atom. The van der Waals surface area contributed by atoms with Gasteiger partial charge in [-0.25, -0.2) is 0 Å². The van der Waals surface area contributed by atoms with Gasteiger partial charge in [0.2, 0.25) is 0 Å². The minimum atomic E-state index is -1.04. The quantitative estimate of drug-likeness (QED) is 0.820. The molecule has 2 rings (SSSR count).